The number of ether oxygens (including phenoxy) is 4. The van der Waals surface area contributed by atoms with Gasteiger partial charge in [0, 0.05) is 19.1 Å². The lowest BCUT2D eigenvalue weighted by atomic mass is 9.93. The summed E-state index contributed by atoms with van der Waals surface area (Å²) in [6.07, 6.45) is 0. The van der Waals surface area contributed by atoms with Crippen LogP contribution in [0.1, 0.15) is 25.3 Å². The first kappa shape index (κ1) is 16.6. The molecule has 3 atom stereocenters. The van der Waals surface area contributed by atoms with Crippen LogP contribution < -0.4 is 15.2 Å². The molecule has 2 N–H and O–H groups in total. The van der Waals surface area contributed by atoms with Crippen molar-refractivity contribution in [1.82, 2.24) is 0 Å². The Morgan fingerprint density at radius 2 is 1.88 bits per heavy atom. The maximum atomic E-state index is 10.1. The maximum absolute atomic E-state index is 10.1. The van der Waals surface area contributed by atoms with E-state index in [0.717, 1.165) is 5.56 Å². The number of fused-ring (bicyclic) bond motifs is 2. The van der Waals surface area contributed by atoms with Crippen LogP contribution in [0, 0.1) is 33.5 Å². The van der Waals surface area contributed by atoms with E-state index >= 15 is 0 Å². The number of amidine groups is 1. The Morgan fingerprint density at radius 1 is 1.19 bits per heavy atom. The smallest absolute Gasteiger partial charge is 0.293 e. The Kier molecular flexibility index (Phi) is 3.42. The molecule has 1 aromatic carbocycles. The predicted octanol–water partition coefficient (Wildman–Crippen LogP) is 1.63. The first-order valence-electron chi connectivity index (χ1n) is 8.42. The quantitative estimate of drug-likeness (QED) is 0.797. The molecule has 1 aliphatic carbocycles. The number of benzene rings is 1. The van der Waals surface area contributed by atoms with Crippen molar-refractivity contribution < 1.29 is 18.9 Å². The summed E-state index contributed by atoms with van der Waals surface area (Å²) >= 11 is 0. The predicted molar refractivity (Wildman–Crippen MR) is 89.0 cm³/mol. The van der Waals surface area contributed by atoms with Crippen molar-refractivity contribution in [3.8, 4) is 23.6 Å². The molecule has 2 aliphatic heterocycles. The van der Waals surface area contributed by atoms with Gasteiger partial charge in [0.15, 0.2) is 16.9 Å². The number of hydrogen-bond donors (Lipinski definition) is 1. The number of hydrogen-bond acceptors (Lipinski definition) is 8. The Bertz CT molecular complexity index is 880. The zero-order valence-corrected chi connectivity index (χ0v) is 14.5. The molecule has 0 saturated heterocycles. The van der Waals surface area contributed by atoms with Crippen molar-refractivity contribution in [2.45, 2.75) is 25.7 Å². The van der Waals surface area contributed by atoms with E-state index in [2.05, 4.69) is 17.1 Å². The topological polar surface area (TPSA) is 123 Å². The van der Waals surface area contributed by atoms with Gasteiger partial charge in [-0.25, -0.2) is 4.99 Å². The molecule has 0 unspecified atom stereocenters. The van der Waals surface area contributed by atoms with Gasteiger partial charge in [0.05, 0.1) is 12.1 Å². The Hall–Kier alpha value is -2.81. The van der Waals surface area contributed by atoms with Gasteiger partial charge in [0.2, 0.25) is 6.79 Å². The first-order valence-corrected chi connectivity index (χ1v) is 8.42. The average Bonchev–Trinajstić information content (AvgIpc) is 2.88. The lowest BCUT2D eigenvalue weighted by Crippen LogP contribution is -2.43. The summed E-state index contributed by atoms with van der Waals surface area (Å²) in [5, 5.41) is 20.1. The van der Waals surface area contributed by atoms with E-state index in [-0.39, 0.29) is 25.8 Å². The van der Waals surface area contributed by atoms with Crippen LogP contribution in [0.2, 0.25) is 0 Å². The highest BCUT2D eigenvalue weighted by Crippen LogP contribution is 2.82. The monoisotopic (exact) mass is 354 g/mol. The summed E-state index contributed by atoms with van der Waals surface area (Å²) in [5.74, 6) is -0.894. The van der Waals surface area contributed by atoms with Gasteiger partial charge in [-0.05, 0) is 31.5 Å². The molecule has 0 bridgehead atoms. The Morgan fingerprint density at radius 3 is 2.50 bits per heavy atom. The van der Waals surface area contributed by atoms with Crippen LogP contribution in [-0.2, 0) is 9.47 Å². The highest BCUT2D eigenvalue weighted by molar-refractivity contribution is 6.00. The molecule has 2 heterocycles. The zero-order valence-electron chi connectivity index (χ0n) is 14.5. The van der Waals surface area contributed by atoms with Gasteiger partial charge < -0.3 is 24.7 Å². The third-order valence-corrected chi connectivity index (χ3v) is 5.34. The lowest BCUT2D eigenvalue weighted by Gasteiger charge is -2.31. The fourth-order valence-electron chi connectivity index (χ4n) is 4.34. The summed E-state index contributed by atoms with van der Waals surface area (Å²) in [4.78, 5) is 4.31. The van der Waals surface area contributed by atoms with Crippen LogP contribution in [0.15, 0.2) is 23.2 Å². The van der Waals surface area contributed by atoms with Crippen LogP contribution in [0.4, 0.5) is 0 Å². The van der Waals surface area contributed by atoms with Crippen molar-refractivity contribution in [2.75, 3.05) is 20.0 Å². The normalized spacial score (nSPS) is 32.3. The van der Waals surface area contributed by atoms with Gasteiger partial charge in [-0.15, -0.1) is 0 Å². The van der Waals surface area contributed by atoms with E-state index in [9.17, 15) is 10.5 Å². The van der Waals surface area contributed by atoms with Crippen LogP contribution in [0.3, 0.4) is 0 Å². The minimum absolute atomic E-state index is 0.0612. The van der Waals surface area contributed by atoms with Crippen molar-refractivity contribution in [1.29, 1.82) is 10.5 Å². The van der Waals surface area contributed by atoms with Gasteiger partial charge in [-0.1, -0.05) is 6.07 Å². The molecular formula is C18H18N4O4. The SMILES string of the molecule is CCOC1(OCC)N=C(N)[C@@]2(C#N)[C@H](c3ccc4c(c3)OCO4)[C@@]12C#N. The van der Waals surface area contributed by atoms with Crippen molar-refractivity contribution >= 4 is 5.84 Å². The van der Waals surface area contributed by atoms with Crippen LogP contribution in [0.25, 0.3) is 0 Å². The molecular weight excluding hydrogens is 336 g/mol. The molecule has 0 spiro atoms. The van der Waals surface area contributed by atoms with E-state index in [1.165, 1.54) is 0 Å². The average molecular weight is 354 g/mol. The van der Waals surface area contributed by atoms with E-state index in [1.54, 1.807) is 26.0 Å². The maximum Gasteiger partial charge on any atom is 0.293 e. The standard InChI is InChI=1S/C18H18N4O4/c1-3-25-18(26-4-2)17(9-20)14(16(17,8-19)15(21)22-18)11-5-6-12-13(7-11)24-10-23-12/h5-7,14H,3-4,10H2,1-2H3,(H2,21,22)/t14-,16+,17+/m0/s1. The molecule has 0 amide bonds. The second kappa shape index (κ2) is 5.34. The van der Waals surface area contributed by atoms with Gasteiger partial charge in [-0.3, -0.25) is 0 Å². The number of nitriles is 2. The summed E-state index contributed by atoms with van der Waals surface area (Å²) in [7, 11) is 0. The first-order chi connectivity index (χ1) is 12.6. The molecule has 26 heavy (non-hydrogen) atoms. The minimum Gasteiger partial charge on any atom is -0.454 e. The van der Waals surface area contributed by atoms with E-state index in [4.69, 9.17) is 24.7 Å². The molecule has 3 aliphatic rings. The van der Waals surface area contributed by atoms with Crippen molar-refractivity contribution in [2.24, 2.45) is 21.6 Å². The molecule has 0 aromatic heterocycles. The summed E-state index contributed by atoms with van der Waals surface area (Å²) in [6, 6.07) is 9.86. The second-order valence-corrected chi connectivity index (χ2v) is 6.33. The van der Waals surface area contributed by atoms with Crippen LogP contribution >= 0.6 is 0 Å². The van der Waals surface area contributed by atoms with Gasteiger partial charge in [0.25, 0.3) is 5.91 Å². The highest BCUT2D eigenvalue weighted by Gasteiger charge is 2.93. The van der Waals surface area contributed by atoms with Crippen molar-refractivity contribution in [3.05, 3.63) is 23.8 Å². The number of aliphatic imine (C=N–C) groups is 1. The summed E-state index contributed by atoms with van der Waals surface area (Å²) in [6.45, 7) is 4.22. The molecule has 0 radical (unpaired) electrons. The zero-order chi connectivity index (χ0) is 18.6. The summed E-state index contributed by atoms with van der Waals surface area (Å²) in [5.41, 5.74) is 4.23. The Labute approximate surface area is 150 Å². The molecule has 4 rings (SSSR count). The molecule has 134 valence electrons. The number of rotatable bonds is 5. The molecule has 8 nitrogen and oxygen atoms in total. The molecule has 1 fully saturated rings. The van der Waals surface area contributed by atoms with E-state index < -0.39 is 22.7 Å². The van der Waals surface area contributed by atoms with Gasteiger partial charge in [0.1, 0.15) is 11.3 Å². The molecule has 1 saturated carbocycles. The van der Waals surface area contributed by atoms with Crippen molar-refractivity contribution in [3.63, 3.8) is 0 Å². The summed E-state index contributed by atoms with van der Waals surface area (Å²) < 4.78 is 22.4. The van der Waals surface area contributed by atoms with E-state index in [1.807, 2.05) is 6.07 Å². The molecule has 8 heteroatoms. The fraction of sp³-hybridized carbons (Fsp3) is 0.500. The van der Waals surface area contributed by atoms with Gasteiger partial charge in [-0.2, -0.15) is 10.5 Å². The third kappa shape index (κ3) is 1.61. The van der Waals surface area contributed by atoms with Crippen LogP contribution in [-0.4, -0.2) is 31.8 Å². The number of nitrogens with zero attached hydrogens (tertiary/aromatic N) is 3. The minimum atomic E-state index is -1.61. The van der Waals surface area contributed by atoms with Gasteiger partial charge >= 0.3 is 0 Å². The van der Waals surface area contributed by atoms with E-state index in [0.29, 0.717) is 11.5 Å². The third-order valence-electron chi connectivity index (χ3n) is 5.34. The molecule has 1 aromatic rings. The largest absolute Gasteiger partial charge is 0.454 e. The lowest BCUT2D eigenvalue weighted by molar-refractivity contribution is -0.255. The fourth-order valence-corrected chi connectivity index (χ4v) is 4.34. The number of nitrogens with two attached hydrogens (primary N) is 1. The van der Waals surface area contributed by atoms with Crippen LogP contribution in [0.5, 0.6) is 11.5 Å². The Balaban J connectivity index is 1.89. The highest BCUT2D eigenvalue weighted by atomic mass is 16.7. The second-order valence-electron chi connectivity index (χ2n) is 6.33.